The van der Waals surface area contributed by atoms with Gasteiger partial charge in [0.05, 0.1) is 20.6 Å². The summed E-state index contributed by atoms with van der Waals surface area (Å²) in [6.07, 6.45) is 0. The maximum Gasteiger partial charge on any atom is 0.277 e. The minimum atomic E-state index is -0.391. The van der Waals surface area contributed by atoms with Gasteiger partial charge < -0.3 is 0 Å². The van der Waals surface area contributed by atoms with Gasteiger partial charge in [-0.05, 0) is 24.3 Å². The molecule has 27 heavy (non-hydrogen) atoms. The number of nitro benzene ring substituents is 2. The van der Waals surface area contributed by atoms with Crippen LogP contribution in [0.4, 0.5) is 11.4 Å². The zero-order chi connectivity index (χ0) is 19.0. The molecule has 0 amide bonds. The third-order valence-electron chi connectivity index (χ3n) is 4.34. The van der Waals surface area contributed by atoms with Crippen LogP contribution in [-0.4, -0.2) is 9.85 Å². The lowest BCUT2D eigenvalue weighted by atomic mass is 10.1. The molecule has 7 heteroatoms. The predicted octanol–water partition coefficient (Wildman–Crippen LogP) is 5.96. The average Bonchev–Trinajstić information content (AvgIpc) is 2.68. The van der Waals surface area contributed by atoms with E-state index >= 15 is 0 Å². The van der Waals surface area contributed by atoms with E-state index in [4.69, 9.17) is 0 Å². The molecule has 0 aliphatic heterocycles. The molecule has 0 N–H and O–H groups in total. The fourth-order valence-electron chi connectivity index (χ4n) is 3.13. The van der Waals surface area contributed by atoms with Crippen molar-refractivity contribution in [3.8, 4) is 0 Å². The number of rotatable bonds is 4. The fourth-order valence-corrected chi connectivity index (χ4v) is 4.21. The Bertz CT molecular complexity index is 1130. The van der Waals surface area contributed by atoms with E-state index in [0.29, 0.717) is 10.8 Å². The van der Waals surface area contributed by atoms with Gasteiger partial charge in [-0.15, -0.1) is 0 Å². The van der Waals surface area contributed by atoms with E-state index in [1.807, 2.05) is 24.3 Å². The molecule has 0 saturated heterocycles. The zero-order valence-electron chi connectivity index (χ0n) is 13.9. The molecular weight excluding hydrogens is 364 g/mol. The summed E-state index contributed by atoms with van der Waals surface area (Å²) >= 11 is 1.44. The van der Waals surface area contributed by atoms with Crippen LogP contribution in [0.15, 0.2) is 82.6 Å². The molecule has 0 atom stereocenters. The third-order valence-corrected chi connectivity index (χ3v) is 5.49. The minimum Gasteiger partial charge on any atom is -0.258 e. The molecule has 0 radical (unpaired) electrons. The summed E-state index contributed by atoms with van der Waals surface area (Å²) in [5.74, 6) is 0. The fraction of sp³-hybridized carbons (Fsp3) is 0. The van der Waals surface area contributed by atoms with E-state index in [2.05, 4.69) is 0 Å². The van der Waals surface area contributed by atoms with Crippen LogP contribution < -0.4 is 0 Å². The van der Waals surface area contributed by atoms with Crippen LogP contribution in [0, 0.1) is 20.2 Å². The van der Waals surface area contributed by atoms with E-state index in [1.54, 1.807) is 36.4 Å². The van der Waals surface area contributed by atoms with Crippen LogP contribution >= 0.6 is 11.8 Å². The highest BCUT2D eigenvalue weighted by Gasteiger charge is 2.17. The van der Waals surface area contributed by atoms with Crippen LogP contribution in [-0.2, 0) is 0 Å². The third kappa shape index (κ3) is 2.98. The molecule has 4 rings (SSSR count). The van der Waals surface area contributed by atoms with Crippen molar-refractivity contribution in [1.29, 1.82) is 0 Å². The van der Waals surface area contributed by atoms with Crippen LogP contribution in [0.1, 0.15) is 0 Å². The highest BCUT2D eigenvalue weighted by Crippen LogP contribution is 2.41. The van der Waals surface area contributed by atoms with Gasteiger partial charge in [-0.25, -0.2) is 0 Å². The van der Waals surface area contributed by atoms with Gasteiger partial charge in [-0.2, -0.15) is 0 Å². The van der Waals surface area contributed by atoms with Crippen molar-refractivity contribution in [3.63, 3.8) is 0 Å². The van der Waals surface area contributed by atoms with Crippen molar-refractivity contribution in [3.05, 3.63) is 93.0 Å². The molecule has 0 aromatic heterocycles. The topological polar surface area (TPSA) is 86.3 Å². The Morgan fingerprint density at radius 1 is 0.556 bits per heavy atom. The molecular formula is C20H12N2O4S. The first kappa shape index (κ1) is 17.0. The van der Waals surface area contributed by atoms with Gasteiger partial charge in [0.25, 0.3) is 11.4 Å². The molecule has 0 aliphatic carbocycles. The second kappa shape index (κ2) is 6.69. The summed E-state index contributed by atoms with van der Waals surface area (Å²) < 4.78 is 0. The Labute approximate surface area is 157 Å². The second-order valence-corrected chi connectivity index (χ2v) is 6.96. The smallest absolute Gasteiger partial charge is 0.258 e. The molecule has 132 valence electrons. The lowest BCUT2D eigenvalue weighted by Crippen LogP contribution is -1.92. The van der Waals surface area contributed by atoms with E-state index in [-0.39, 0.29) is 11.4 Å². The normalized spacial score (nSPS) is 11.0. The van der Waals surface area contributed by atoms with Crippen molar-refractivity contribution in [2.24, 2.45) is 0 Å². The predicted molar refractivity (Wildman–Crippen MR) is 105 cm³/mol. The first-order chi connectivity index (χ1) is 13.1. The summed E-state index contributed by atoms with van der Waals surface area (Å²) in [5.41, 5.74) is 0.118. The van der Waals surface area contributed by atoms with Gasteiger partial charge in [0.15, 0.2) is 0 Å². The lowest BCUT2D eigenvalue weighted by molar-refractivity contribution is -0.383. The average molecular weight is 376 g/mol. The summed E-state index contributed by atoms with van der Waals surface area (Å²) in [6.45, 7) is 0. The molecule has 4 aromatic rings. The number of hydrogen-bond acceptors (Lipinski definition) is 5. The van der Waals surface area contributed by atoms with E-state index in [9.17, 15) is 20.2 Å². The molecule has 0 fully saturated rings. The monoisotopic (exact) mass is 376 g/mol. The largest absolute Gasteiger partial charge is 0.277 e. The molecule has 0 heterocycles. The van der Waals surface area contributed by atoms with E-state index in [0.717, 1.165) is 20.6 Å². The van der Waals surface area contributed by atoms with Crippen LogP contribution in [0.5, 0.6) is 0 Å². The first-order valence-corrected chi connectivity index (χ1v) is 8.88. The molecule has 0 unspecified atom stereocenters. The summed E-state index contributed by atoms with van der Waals surface area (Å²) in [5, 5.41) is 25.3. The van der Waals surface area contributed by atoms with Crippen molar-refractivity contribution < 1.29 is 9.85 Å². The molecule has 0 saturated carbocycles. The van der Waals surface area contributed by atoms with Gasteiger partial charge in [-0.1, -0.05) is 48.2 Å². The van der Waals surface area contributed by atoms with Crippen molar-refractivity contribution in [2.75, 3.05) is 0 Å². The number of benzene rings is 4. The van der Waals surface area contributed by atoms with Gasteiger partial charge in [-0.3, -0.25) is 20.2 Å². The van der Waals surface area contributed by atoms with Gasteiger partial charge >= 0.3 is 0 Å². The van der Waals surface area contributed by atoms with Gasteiger partial charge in [0.2, 0.25) is 0 Å². The molecule has 0 bridgehead atoms. The van der Waals surface area contributed by atoms with E-state index in [1.165, 1.54) is 23.9 Å². The van der Waals surface area contributed by atoms with Crippen LogP contribution in [0.3, 0.4) is 0 Å². The summed E-state index contributed by atoms with van der Waals surface area (Å²) in [4.78, 5) is 23.5. The standard InChI is InChI=1S/C20H12N2O4S/c23-21(24)17-9-11-19(15-7-3-1-5-13(15)17)27-20-12-10-18(22(25)26)14-6-2-4-8-16(14)20/h1-12H. The van der Waals surface area contributed by atoms with Crippen LogP contribution in [0.2, 0.25) is 0 Å². The Hall–Kier alpha value is -3.45. The highest BCUT2D eigenvalue weighted by molar-refractivity contribution is 7.99. The van der Waals surface area contributed by atoms with Crippen molar-refractivity contribution in [2.45, 2.75) is 9.79 Å². The Morgan fingerprint density at radius 3 is 1.30 bits per heavy atom. The lowest BCUT2D eigenvalue weighted by Gasteiger charge is -2.10. The molecule has 6 nitrogen and oxygen atoms in total. The second-order valence-electron chi connectivity index (χ2n) is 5.87. The maximum atomic E-state index is 11.3. The Kier molecular flexibility index (Phi) is 4.21. The number of nitrogens with zero attached hydrogens (tertiary/aromatic N) is 2. The number of nitro groups is 2. The van der Waals surface area contributed by atoms with Crippen LogP contribution in [0.25, 0.3) is 21.5 Å². The molecule has 0 aliphatic rings. The van der Waals surface area contributed by atoms with Gasteiger partial charge in [0, 0.05) is 32.7 Å². The Balaban J connectivity index is 1.89. The molecule has 0 spiro atoms. The summed E-state index contributed by atoms with van der Waals surface area (Å²) in [7, 11) is 0. The first-order valence-electron chi connectivity index (χ1n) is 8.06. The highest BCUT2D eigenvalue weighted by atomic mass is 32.2. The van der Waals surface area contributed by atoms with E-state index < -0.39 is 9.85 Å². The SMILES string of the molecule is O=[N+]([O-])c1ccc(Sc2ccc([N+](=O)[O-])c3ccccc23)c2ccccc12. The number of hydrogen-bond donors (Lipinski definition) is 0. The number of non-ortho nitro benzene ring substituents is 2. The number of fused-ring (bicyclic) bond motifs is 2. The zero-order valence-corrected chi connectivity index (χ0v) is 14.7. The minimum absolute atomic E-state index is 0.0588. The maximum absolute atomic E-state index is 11.3. The Morgan fingerprint density at radius 2 is 0.926 bits per heavy atom. The molecule has 4 aromatic carbocycles. The summed E-state index contributed by atoms with van der Waals surface area (Å²) in [6, 6.07) is 20.8. The van der Waals surface area contributed by atoms with Gasteiger partial charge in [0.1, 0.15) is 0 Å². The quantitative estimate of drug-likeness (QED) is 0.324. The van der Waals surface area contributed by atoms with Crippen molar-refractivity contribution >= 4 is 44.7 Å². The van der Waals surface area contributed by atoms with Crippen molar-refractivity contribution in [1.82, 2.24) is 0 Å².